The third-order valence-electron chi connectivity index (χ3n) is 14.0. The van der Waals surface area contributed by atoms with Gasteiger partial charge >= 0.3 is 5.97 Å². The number of allylic oxidation sites excluding steroid dienone is 2. The maximum Gasteiger partial charge on any atom is 0.316 e. The zero-order valence-corrected chi connectivity index (χ0v) is 36.2. The average molecular weight is 833 g/mol. The molecule has 6 heterocycles. The van der Waals surface area contributed by atoms with Gasteiger partial charge in [-0.2, -0.15) is 0 Å². The summed E-state index contributed by atoms with van der Waals surface area (Å²) >= 11 is 0. The molecule has 7 aliphatic rings. The van der Waals surface area contributed by atoms with Gasteiger partial charge < -0.3 is 62.7 Å². The number of aliphatic hydroxyl groups is 3. The first-order chi connectivity index (χ1) is 28.0. The van der Waals surface area contributed by atoms with Crippen LogP contribution in [0.1, 0.15) is 93.4 Å². The zero-order valence-electron chi connectivity index (χ0n) is 36.2. The molecule has 0 radical (unpaired) electrons. The molecule has 0 amide bonds. The van der Waals surface area contributed by atoms with Gasteiger partial charge in [0.2, 0.25) is 0 Å². The first-order valence-corrected chi connectivity index (χ1v) is 21.7. The predicted octanol–water partition coefficient (Wildman–Crippen LogP) is 4.58. The highest BCUT2D eigenvalue weighted by Gasteiger charge is 2.60. The maximum atomic E-state index is 14.2. The van der Waals surface area contributed by atoms with E-state index in [4.69, 9.17) is 47.4 Å². The van der Waals surface area contributed by atoms with E-state index < -0.39 is 90.8 Å². The van der Waals surface area contributed by atoms with Crippen LogP contribution in [0.4, 0.5) is 0 Å². The largest absolute Gasteiger partial charge is 0.462 e. The summed E-state index contributed by atoms with van der Waals surface area (Å²) in [6.07, 6.45) is 5.52. The van der Waals surface area contributed by atoms with E-state index in [0.29, 0.717) is 55.6 Å². The van der Waals surface area contributed by atoms with Crippen LogP contribution in [0.2, 0.25) is 0 Å². The van der Waals surface area contributed by atoms with Gasteiger partial charge in [-0.05, 0) is 70.1 Å². The Morgan fingerprint density at radius 2 is 1.56 bits per heavy atom. The third kappa shape index (κ3) is 9.21. The number of methoxy groups -OCH3 is 2. The Morgan fingerprint density at radius 3 is 2.29 bits per heavy atom. The molecule has 0 saturated carbocycles. The third-order valence-corrected chi connectivity index (χ3v) is 14.0. The molecule has 0 aromatic heterocycles. The van der Waals surface area contributed by atoms with Gasteiger partial charge in [0.25, 0.3) is 0 Å². The fourth-order valence-electron chi connectivity index (χ4n) is 10.2. The number of fused-ring (bicyclic) bond motifs is 2. The second-order valence-electron chi connectivity index (χ2n) is 18.2. The van der Waals surface area contributed by atoms with Crippen LogP contribution in [0.25, 0.3) is 0 Å². The molecule has 0 aromatic carbocycles. The van der Waals surface area contributed by atoms with E-state index in [2.05, 4.69) is 26.8 Å². The van der Waals surface area contributed by atoms with Crippen LogP contribution in [0.15, 0.2) is 47.1 Å². The predicted molar refractivity (Wildman–Crippen MR) is 214 cm³/mol. The van der Waals surface area contributed by atoms with Crippen molar-refractivity contribution in [2.45, 2.75) is 191 Å². The quantitative estimate of drug-likeness (QED) is 0.251. The summed E-state index contributed by atoms with van der Waals surface area (Å²) in [5, 5.41) is 34.1. The lowest BCUT2D eigenvalue weighted by molar-refractivity contribution is -0.332. The summed E-state index contributed by atoms with van der Waals surface area (Å²) < 4.78 is 63.2. The van der Waals surface area contributed by atoms with E-state index in [1.807, 2.05) is 26.0 Å². The molecular weight excluding hydrogens is 764 g/mol. The van der Waals surface area contributed by atoms with Gasteiger partial charge in [0, 0.05) is 52.2 Å². The molecule has 5 saturated heterocycles. The van der Waals surface area contributed by atoms with Crippen molar-refractivity contribution < 1.29 is 67.5 Å². The van der Waals surface area contributed by atoms with Crippen molar-refractivity contribution in [2.75, 3.05) is 20.8 Å². The molecule has 1 spiro atoms. The van der Waals surface area contributed by atoms with Crippen LogP contribution in [-0.4, -0.2) is 139 Å². The lowest BCUT2D eigenvalue weighted by atomic mass is 9.71. The van der Waals surface area contributed by atoms with Gasteiger partial charge in [-0.3, -0.25) is 4.79 Å². The molecule has 59 heavy (non-hydrogen) atoms. The van der Waals surface area contributed by atoms with Gasteiger partial charge in [0.1, 0.15) is 42.0 Å². The molecule has 19 atom stereocenters. The molecule has 2 bridgehead atoms. The molecule has 19 unspecified atom stereocenters. The number of esters is 1. The number of aliphatic hydroxyl groups excluding tert-OH is 2. The standard InChI is InChI=1S/C45H68O14/c1-23-15-16-44(58-27(23)5)21-32-18-31(59-44)14-13-25(3)40(24(2)11-10-12-30-22-52-42-38(46)26(4)17-33(43(48)55-32)45(30,42)49)56-37-20-35(51-9)41(29(7)54-37)57-36-19-34(50-8)39(47)28(6)53-36/h10-13,17,23-24,27-29,31-42,46-47,49H,14-16,18-22H2,1-9H3/b11-10+,25-13+,30-12+. The van der Waals surface area contributed by atoms with E-state index in [9.17, 15) is 20.1 Å². The zero-order chi connectivity index (χ0) is 42.4. The van der Waals surface area contributed by atoms with Crippen molar-refractivity contribution in [3.05, 3.63) is 47.1 Å². The topological polar surface area (TPSA) is 170 Å². The highest BCUT2D eigenvalue weighted by Crippen LogP contribution is 2.47. The average Bonchev–Trinajstić information content (AvgIpc) is 3.53. The van der Waals surface area contributed by atoms with Crippen LogP contribution in [0.5, 0.6) is 0 Å². The Hall–Kier alpha value is -2.05. The van der Waals surface area contributed by atoms with Crippen molar-refractivity contribution in [2.24, 2.45) is 17.8 Å². The van der Waals surface area contributed by atoms with E-state index >= 15 is 0 Å². The minimum Gasteiger partial charge on any atom is -0.462 e. The molecule has 14 heteroatoms. The summed E-state index contributed by atoms with van der Waals surface area (Å²) in [4.78, 5) is 14.2. The number of hydrogen-bond acceptors (Lipinski definition) is 14. The monoisotopic (exact) mass is 832 g/mol. The summed E-state index contributed by atoms with van der Waals surface area (Å²) in [5.41, 5.74) is 0.186. The van der Waals surface area contributed by atoms with E-state index in [0.717, 1.165) is 12.0 Å². The molecule has 332 valence electrons. The van der Waals surface area contributed by atoms with Gasteiger partial charge in [-0.1, -0.05) is 44.2 Å². The molecule has 7 rings (SSSR count). The van der Waals surface area contributed by atoms with Crippen molar-refractivity contribution in [3.63, 3.8) is 0 Å². The molecule has 14 nitrogen and oxygen atoms in total. The highest BCUT2D eigenvalue weighted by molar-refractivity contribution is 5.78. The Morgan fingerprint density at radius 1 is 0.847 bits per heavy atom. The number of hydrogen-bond donors (Lipinski definition) is 3. The minimum absolute atomic E-state index is 0.0395. The molecule has 0 aromatic rings. The lowest BCUT2D eigenvalue weighted by Gasteiger charge is -2.49. The van der Waals surface area contributed by atoms with Gasteiger partial charge in [-0.25, -0.2) is 0 Å². The van der Waals surface area contributed by atoms with Crippen molar-refractivity contribution in [1.29, 1.82) is 0 Å². The van der Waals surface area contributed by atoms with Gasteiger partial charge in [0.05, 0.1) is 49.3 Å². The summed E-state index contributed by atoms with van der Waals surface area (Å²) in [6, 6.07) is 0. The maximum absolute atomic E-state index is 14.2. The van der Waals surface area contributed by atoms with Crippen LogP contribution >= 0.6 is 0 Å². The number of rotatable bonds is 6. The number of carbonyl (C=O) groups excluding carboxylic acids is 1. The second-order valence-corrected chi connectivity index (χ2v) is 18.2. The number of carbonyl (C=O) groups is 1. The number of ether oxygens (including phenoxy) is 10. The van der Waals surface area contributed by atoms with Crippen LogP contribution < -0.4 is 0 Å². The van der Waals surface area contributed by atoms with Gasteiger partial charge in [-0.15, -0.1) is 0 Å². The Bertz CT molecular complexity index is 1610. The van der Waals surface area contributed by atoms with Gasteiger partial charge in [0.15, 0.2) is 18.4 Å². The van der Waals surface area contributed by atoms with Crippen molar-refractivity contribution >= 4 is 5.97 Å². The Balaban J connectivity index is 1.16. The molecule has 5 fully saturated rings. The fraction of sp³-hybridized carbons (Fsp3) is 0.800. The normalized spacial score (nSPS) is 50.7. The lowest BCUT2D eigenvalue weighted by Crippen LogP contribution is -2.58. The van der Waals surface area contributed by atoms with E-state index in [-0.39, 0.29) is 30.8 Å². The summed E-state index contributed by atoms with van der Waals surface area (Å²) in [7, 11) is 3.22. The molecule has 6 aliphatic heterocycles. The van der Waals surface area contributed by atoms with Crippen LogP contribution in [-0.2, 0) is 52.2 Å². The first kappa shape index (κ1) is 45.0. The molecule has 3 N–H and O–H groups in total. The van der Waals surface area contributed by atoms with Crippen molar-refractivity contribution in [1.82, 2.24) is 0 Å². The fourth-order valence-corrected chi connectivity index (χ4v) is 10.2. The van der Waals surface area contributed by atoms with E-state index in [1.54, 1.807) is 40.2 Å². The van der Waals surface area contributed by atoms with E-state index in [1.165, 1.54) is 0 Å². The smallest absolute Gasteiger partial charge is 0.316 e. The second kappa shape index (κ2) is 18.4. The van der Waals surface area contributed by atoms with Crippen LogP contribution in [0, 0.1) is 17.8 Å². The highest BCUT2D eigenvalue weighted by atomic mass is 16.7. The Kier molecular flexibility index (Phi) is 14.0. The first-order valence-electron chi connectivity index (χ1n) is 21.7. The summed E-state index contributed by atoms with van der Waals surface area (Å²) in [5.74, 6) is -2.39. The summed E-state index contributed by atoms with van der Waals surface area (Å²) in [6.45, 7) is 13.9. The molecular formula is C45H68O14. The van der Waals surface area contributed by atoms with Crippen molar-refractivity contribution in [3.8, 4) is 0 Å². The minimum atomic E-state index is -1.81. The molecule has 1 aliphatic carbocycles. The SMILES string of the molecule is COC1CC(OC2C(C)OC(OC3/C(C)=C/CC4CC(CC5(CCC(C)C(C)O5)O4)OC(=O)C4C=C(C)C(O)C5OC/C(=C\C=C\C3C)C45O)CC2OC)OC(C)C1O. The Labute approximate surface area is 349 Å². The van der Waals surface area contributed by atoms with Crippen LogP contribution in [0.3, 0.4) is 0 Å².